The molecule has 2 aliphatic heterocycles. The highest BCUT2D eigenvalue weighted by atomic mass is 16.5. The van der Waals surface area contributed by atoms with Crippen molar-refractivity contribution in [2.75, 3.05) is 7.11 Å². The molecule has 3 heteroatoms. The Morgan fingerprint density at radius 1 is 1.12 bits per heavy atom. The quantitative estimate of drug-likeness (QED) is 0.840. The van der Waals surface area contributed by atoms with Crippen molar-refractivity contribution in [2.24, 2.45) is 0 Å². The van der Waals surface area contributed by atoms with Gasteiger partial charge < -0.3 is 4.74 Å². The fraction of sp³-hybridized carbons (Fsp3) is 0.381. The lowest BCUT2D eigenvalue weighted by atomic mass is 9.83. The van der Waals surface area contributed by atoms with E-state index in [9.17, 15) is 0 Å². The number of hydrogen-bond acceptors (Lipinski definition) is 3. The Labute approximate surface area is 144 Å². The van der Waals surface area contributed by atoms with E-state index in [4.69, 9.17) is 4.74 Å². The highest BCUT2D eigenvalue weighted by Gasteiger charge is 2.34. The fourth-order valence-corrected chi connectivity index (χ4v) is 4.04. The molecule has 0 radical (unpaired) electrons. The topological polar surface area (TPSA) is 25.4 Å². The van der Waals surface area contributed by atoms with E-state index >= 15 is 0 Å². The largest absolute Gasteiger partial charge is 0.495 e. The summed E-state index contributed by atoms with van der Waals surface area (Å²) in [5, 5.41) is 0. The summed E-state index contributed by atoms with van der Waals surface area (Å²) in [6.07, 6.45) is 9.25. The standard InChI is InChI=1S/C21H24N2O/c1-24-20-10-11-21(22-14-20)17-12-18-8-5-9-19(13-17)23(18)15-16-6-3-2-4-7-16/h2-4,6-7,10-12,14,18-19H,5,8-9,13,15H2,1H3. The van der Waals surface area contributed by atoms with Gasteiger partial charge in [0, 0.05) is 18.6 Å². The molecule has 3 heterocycles. The molecule has 2 unspecified atom stereocenters. The highest BCUT2D eigenvalue weighted by Crippen LogP contribution is 2.37. The van der Waals surface area contributed by atoms with Gasteiger partial charge in [-0.2, -0.15) is 0 Å². The summed E-state index contributed by atoms with van der Waals surface area (Å²) in [7, 11) is 1.68. The van der Waals surface area contributed by atoms with Gasteiger partial charge in [-0.25, -0.2) is 0 Å². The van der Waals surface area contributed by atoms with Gasteiger partial charge >= 0.3 is 0 Å². The molecule has 0 N–H and O–H groups in total. The smallest absolute Gasteiger partial charge is 0.137 e. The monoisotopic (exact) mass is 320 g/mol. The Kier molecular flexibility index (Phi) is 4.35. The van der Waals surface area contributed by atoms with Crippen molar-refractivity contribution in [1.29, 1.82) is 0 Å². The van der Waals surface area contributed by atoms with E-state index in [2.05, 4.69) is 52.4 Å². The molecule has 4 rings (SSSR count). The van der Waals surface area contributed by atoms with E-state index in [0.717, 1.165) is 24.4 Å². The molecule has 2 aromatic rings. The Hall–Kier alpha value is -2.13. The average molecular weight is 320 g/mol. The van der Waals surface area contributed by atoms with E-state index in [0.29, 0.717) is 12.1 Å². The first-order valence-electron chi connectivity index (χ1n) is 8.84. The zero-order chi connectivity index (χ0) is 16.4. The molecule has 124 valence electrons. The zero-order valence-electron chi connectivity index (χ0n) is 14.2. The third-order valence-corrected chi connectivity index (χ3v) is 5.29. The highest BCUT2D eigenvalue weighted by molar-refractivity contribution is 5.65. The Bertz CT molecular complexity index is 708. The van der Waals surface area contributed by atoms with E-state index in [1.807, 2.05) is 12.3 Å². The minimum atomic E-state index is 0.539. The molecule has 3 nitrogen and oxygen atoms in total. The maximum Gasteiger partial charge on any atom is 0.137 e. The lowest BCUT2D eigenvalue weighted by Gasteiger charge is -2.45. The van der Waals surface area contributed by atoms with Gasteiger partial charge in [-0.3, -0.25) is 9.88 Å². The number of piperidine rings is 1. The molecule has 2 aliphatic rings. The lowest BCUT2D eigenvalue weighted by molar-refractivity contribution is 0.0950. The molecule has 0 saturated carbocycles. The minimum absolute atomic E-state index is 0.539. The van der Waals surface area contributed by atoms with Crippen LogP contribution in [0.3, 0.4) is 0 Å². The lowest BCUT2D eigenvalue weighted by Crippen LogP contribution is -2.47. The van der Waals surface area contributed by atoms with Crippen LogP contribution in [0.4, 0.5) is 0 Å². The SMILES string of the molecule is COc1ccc(C2=CC3CCCC(C2)N3Cc2ccccc2)nc1. The van der Waals surface area contributed by atoms with Crippen LogP contribution < -0.4 is 4.74 Å². The minimum Gasteiger partial charge on any atom is -0.495 e. The number of rotatable bonds is 4. The number of pyridine rings is 1. The number of hydrogen-bond donors (Lipinski definition) is 0. The number of nitrogens with zero attached hydrogens (tertiary/aromatic N) is 2. The van der Waals surface area contributed by atoms with E-state index in [-0.39, 0.29) is 0 Å². The second-order valence-electron chi connectivity index (χ2n) is 6.79. The van der Waals surface area contributed by atoms with Crippen molar-refractivity contribution in [2.45, 2.75) is 44.3 Å². The summed E-state index contributed by atoms with van der Waals surface area (Å²) >= 11 is 0. The first kappa shape index (κ1) is 15.4. The van der Waals surface area contributed by atoms with Crippen molar-refractivity contribution in [3.8, 4) is 5.75 Å². The van der Waals surface area contributed by atoms with Gasteiger partial charge in [0.2, 0.25) is 0 Å². The van der Waals surface area contributed by atoms with Gasteiger partial charge in [0.25, 0.3) is 0 Å². The third kappa shape index (κ3) is 3.09. The Morgan fingerprint density at radius 2 is 2.00 bits per heavy atom. The molecule has 1 saturated heterocycles. The molecule has 0 aliphatic carbocycles. The summed E-state index contributed by atoms with van der Waals surface area (Å²) in [5.74, 6) is 0.820. The predicted octanol–water partition coefficient (Wildman–Crippen LogP) is 4.30. The van der Waals surface area contributed by atoms with Crippen LogP contribution in [0, 0.1) is 0 Å². The molecule has 1 aromatic carbocycles. The van der Waals surface area contributed by atoms with E-state index in [1.165, 1.54) is 30.4 Å². The second kappa shape index (κ2) is 6.78. The molecular weight excluding hydrogens is 296 g/mol. The Morgan fingerprint density at radius 3 is 2.71 bits per heavy atom. The molecule has 2 bridgehead atoms. The van der Waals surface area contributed by atoms with Gasteiger partial charge in [0.1, 0.15) is 5.75 Å². The van der Waals surface area contributed by atoms with Crippen LogP contribution in [0.2, 0.25) is 0 Å². The van der Waals surface area contributed by atoms with Gasteiger partial charge in [0.15, 0.2) is 0 Å². The van der Waals surface area contributed by atoms with Crippen molar-refractivity contribution < 1.29 is 4.74 Å². The molecule has 24 heavy (non-hydrogen) atoms. The molecular formula is C21H24N2O. The van der Waals surface area contributed by atoms with Crippen LogP contribution in [0.1, 0.15) is 36.9 Å². The molecule has 2 atom stereocenters. The first-order valence-corrected chi connectivity index (χ1v) is 8.84. The van der Waals surface area contributed by atoms with Crippen LogP contribution in [0.5, 0.6) is 5.75 Å². The summed E-state index contributed by atoms with van der Waals surface area (Å²) in [6, 6.07) is 16.1. The molecule has 0 spiro atoms. The van der Waals surface area contributed by atoms with Crippen molar-refractivity contribution in [3.05, 3.63) is 66.0 Å². The van der Waals surface area contributed by atoms with Crippen LogP contribution in [0.25, 0.3) is 5.57 Å². The van der Waals surface area contributed by atoms with Gasteiger partial charge in [0.05, 0.1) is 19.0 Å². The number of benzene rings is 1. The van der Waals surface area contributed by atoms with Crippen molar-refractivity contribution in [3.63, 3.8) is 0 Å². The van der Waals surface area contributed by atoms with Crippen LogP contribution in [0.15, 0.2) is 54.7 Å². The van der Waals surface area contributed by atoms with Crippen LogP contribution in [-0.2, 0) is 6.54 Å². The van der Waals surface area contributed by atoms with E-state index in [1.54, 1.807) is 7.11 Å². The molecule has 1 fully saturated rings. The summed E-state index contributed by atoms with van der Waals surface area (Å²) in [4.78, 5) is 7.28. The van der Waals surface area contributed by atoms with Gasteiger partial charge in [-0.05, 0) is 42.5 Å². The number of methoxy groups -OCH3 is 1. The number of fused-ring (bicyclic) bond motifs is 2. The normalized spacial score (nSPS) is 23.6. The molecule has 1 aromatic heterocycles. The first-order chi connectivity index (χ1) is 11.8. The molecule has 0 amide bonds. The van der Waals surface area contributed by atoms with Crippen LogP contribution >= 0.6 is 0 Å². The van der Waals surface area contributed by atoms with Crippen LogP contribution in [-0.4, -0.2) is 29.1 Å². The third-order valence-electron chi connectivity index (χ3n) is 5.29. The number of aromatic nitrogens is 1. The zero-order valence-corrected chi connectivity index (χ0v) is 14.2. The maximum absolute atomic E-state index is 5.22. The fourth-order valence-electron chi connectivity index (χ4n) is 4.04. The summed E-state index contributed by atoms with van der Waals surface area (Å²) < 4.78 is 5.22. The predicted molar refractivity (Wildman–Crippen MR) is 96.8 cm³/mol. The van der Waals surface area contributed by atoms with Crippen molar-refractivity contribution >= 4 is 5.57 Å². The Balaban J connectivity index is 1.57. The van der Waals surface area contributed by atoms with Gasteiger partial charge in [-0.1, -0.05) is 42.8 Å². The average Bonchev–Trinajstić information content (AvgIpc) is 2.62. The van der Waals surface area contributed by atoms with Gasteiger partial charge in [-0.15, -0.1) is 0 Å². The van der Waals surface area contributed by atoms with Crippen molar-refractivity contribution in [1.82, 2.24) is 9.88 Å². The summed E-state index contributed by atoms with van der Waals surface area (Å²) in [6.45, 7) is 1.05. The van der Waals surface area contributed by atoms with E-state index < -0.39 is 0 Å². The second-order valence-corrected chi connectivity index (χ2v) is 6.79. The summed E-state index contributed by atoms with van der Waals surface area (Å²) in [5.41, 5.74) is 3.91. The maximum atomic E-state index is 5.22. The number of ether oxygens (including phenoxy) is 1.